The van der Waals surface area contributed by atoms with Crippen LogP contribution in [0.5, 0.6) is 0 Å². The van der Waals surface area contributed by atoms with Crippen molar-refractivity contribution < 1.29 is 0 Å². The van der Waals surface area contributed by atoms with Crippen LogP contribution in [0.4, 0.5) is 0 Å². The van der Waals surface area contributed by atoms with Crippen molar-refractivity contribution in [2.24, 2.45) is 5.92 Å². The first kappa shape index (κ1) is 8.60. The van der Waals surface area contributed by atoms with Crippen molar-refractivity contribution in [3.63, 3.8) is 0 Å². The van der Waals surface area contributed by atoms with Gasteiger partial charge in [0.15, 0.2) is 0 Å². The van der Waals surface area contributed by atoms with E-state index in [0.29, 0.717) is 11.8 Å². The van der Waals surface area contributed by atoms with Crippen molar-refractivity contribution in [3.05, 3.63) is 18.2 Å². The maximum atomic E-state index is 5.69. The summed E-state index contributed by atoms with van der Waals surface area (Å²) >= 11 is 5.69. The molecule has 0 amide bonds. The minimum absolute atomic E-state index is 0.518. The van der Waals surface area contributed by atoms with Gasteiger partial charge in [0.25, 0.3) is 0 Å². The standard InChI is InChI=1S/C8H13ClN2/c1-7(5-9)6-11-4-3-10-8(11)2/h3-4,7H,5-6H2,1-2H3/t7-/m1/s1. The lowest BCUT2D eigenvalue weighted by atomic mass is 10.2. The molecule has 1 heterocycles. The summed E-state index contributed by atoms with van der Waals surface area (Å²) in [4.78, 5) is 4.12. The number of nitrogens with zero attached hydrogens (tertiary/aromatic N) is 2. The summed E-state index contributed by atoms with van der Waals surface area (Å²) < 4.78 is 2.12. The van der Waals surface area contributed by atoms with Crippen molar-refractivity contribution in [1.29, 1.82) is 0 Å². The summed E-state index contributed by atoms with van der Waals surface area (Å²) in [6, 6.07) is 0. The predicted octanol–water partition coefficient (Wildman–Crippen LogP) is 2.07. The molecule has 62 valence electrons. The Labute approximate surface area is 72.2 Å². The van der Waals surface area contributed by atoms with Crippen LogP contribution in [0.3, 0.4) is 0 Å². The van der Waals surface area contributed by atoms with Crippen LogP contribution < -0.4 is 0 Å². The Morgan fingerprint density at radius 1 is 1.73 bits per heavy atom. The number of hydrogen-bond acceptors (Lipinski definition) is 1. The molecule has 1 rings (SSSR count). The number of aryl methyl sites for hydroxylation is 1. The van der Waals surface area contributed by atoms with Crippen molar-refractivity contribution in [1.82, 2.24) is 9.55 Å². The van der Waals surface area contributed by atoms with E-state index in [-0.39, 0.29) is 0 Å². The predicted molar refractivity (Wildman–Crippen MR) is 46.8 cm³/mol. The molecular weight excluding hydrogens is 160 g/mol. The lowest BCUT2D eigenvalue weighted by Gasteiger charge is -2.09. The monoisotopic (exact) mass is 172 g/mol. The van der Waals surface area contributed by atoms with Gasteiger partial charge in [0, 0.05) is 24.8 Å². The van der Waals surface area contributed by atoms with Crippen molar-refractivity contribution >= 4 is 11.6 Å². The lowest BCUT2D eigenvalue weighted by Crippen LogP contribution is -2.09. The first-order chi connectivity index (χ1) is 5.24. The number of rotatable bonds is 3. The molecule has 0 aliphatic rings. The van der Waals surface area contributed by atoms with Crippen LogP contribution in [-0.2, 0) is 6.54 Å². The quantitative estimate of drug-likeness (QED) is 0.639. The van der Waals surface area contributed by atoms with Gasteiger partial charge < -0.3 is 4.57 Å². The second-order valence-electron chi connectivity index (χ2n) is 2.89. The molecule has 3 heteroatoms. The van der Waals surface area contributed by atoms with E-state index in [0.717, 1.165) is 12.4 Å². The van der Waals surface area contributed by atoms with Crippen LogP contribution in [0, 0.1) is 12.8 Å². The Morgan fingerprint density at radius 3 is 2.91 bits per heavy atom. The molecule has 11 heavy (non-hydrogen) atoms. The summed E-state index contributed by atoms with van der Waals surface area (Å²) in [5, 5.41) is 0. The largest absolute Gasteiger partial charge is 0.335 e. The molecule has 0 aliphatic heterocycles. The molecule has 0 fully saturated rings. The minimum Gasteiger partial charge on any atom is -0.335 e. The van der Waals surface area contributed by atoms with E-state index in [1.807, 2.05) is 19.3 Å². The molecule has 0 spiro atoms. The van der Waals surface area contributed by atoms with E-state index in [4.69, 9.17) is 11.6 Å². The zero-order valence-electron chi connectivity index (χ0n) is 6.92. The molecule has 0 saturated carbocycles. The molecule has 1 aromatic heterocycles. The maximum absolute atomic E-state index is 5.69. The van der Waals surface area contributed by atoms with Gasteiger partial charge in [-0.1, -0.05) is 6.92 Å². The molecule has 0 saturated heterocycles. The van der Waals surface area contributed by atoms with Crippen LogP contribution >= 0.6 is 11.6 Å². The highest BCUT2D eigenvalue weighted by Gasteiger charge is 2.02. The van der Waals surface area contributed by atoms with E-state index in [9.17, 15) is 0 Å². The topological polar surface area (TPSA) is 17.8 Å². The number of halogens is 1. The number of hydrogen-bond donors (Lipinski definition) is 0. The Balaban J connectivity index is 2.56. The molecule has 0 aliphatic carbocycles. The van der Waals surface area contributed by atoms with Gasteiger partial charge in [0.2, 0.25) is 0 Å². The average Bonchev–Trinajstić information content (AvgIpc) is 2.37. The van der Waals surface area contributed by atoms with Crippen LogP contribution in [0.25, 0.3) is 0 Å². The molecule has 2 nitrogen and oxygen atoms in total. The Hall–Kier alpha value is -0.500. The lowest BCUT2D eigenvalue weighted by molar-refractivity contribution is 0.518. The normalized spacial score (nSPS) is 13.4. The first-order valence-corrected chi connectivity index (χ1v) is 4.31. The Kier molecular flexibility index (Phi) is 2.94. The third-order valence-electron chi connectivity index (χ3n) is 1.70. The van der Waals surface area contributed by atoms with Gasteiger partial charge >= 0.3 is 0 Å². The van der Waals surface area contributed by atoms with E-state index in [1.54, 1.807) is 0 Å². The number of imidazole rings is 1. The fraction of sp³-hybridized carbons (Fsp3) is 0.625. The van der Waals surface area contributed by atoms with Crippen molar-refractivity contribution in [3.8, 4) is 0 Å². The number of aromatic nitrogens is 2. The van der Waals surface area contributed by atoms with Gasteiger partial charge in [-0.3, -0.25) is 0 Å². The highest BCUT2D eigenvalue weighted by Crippen LogP contribution is 2.04. The van der Waals surface area contributed by atoms with Crippen LogP contribution in [0.15, 0.2) is 12.4 Å². The van der Waals surface area contributed by atoms with Gasteiger partial charge in [-0.05, 0) is 12.8 Å². The first-order valence-electron chi connectivity index (χ1n) is 3.77. The van der Waals surface area contributed by atoms with E-state index >= 15 is 0 Å². The third-order valence-corrected chi connectivity index (χ3v) is 2.22. The molecule has 0 bridgehead atoms. The average molecular weight is 173 g/mol. The Bertz CT molecular complexity index is 220. The SMILES string of the molecule is Cc1nccn1C[C@H](C)CCl. The van der Waals surface area contributed by atoms with Gasteiger partial charge in [0.05, 0.1) is 0 Å². The van der Waals surface area contributed by atoms with Gasteiger partial charge in [-0.25, -0.2) is 4.98 Å². The van der Waals surface area contributed by atoms with Crippen LogP contribution in [-0.4, -0.2) is 15.4 Å². The van der Waals surface area contributed by atoms with E-state index in [1.165, 1.54) is 0 Å². The molecule has 0 N–H and O–H groups in total. The second kappa shape index (κ2) is 3.77. The summed E-state index contributed by atoms with van der Waals surface area (Å²) in [7, 11) is 0. The molecule has 1 atom stereocenters. The van der Waals surface area contributed by atoms with Crippen LogP contribution in [0.1, 0.15) is 12.7 Å². The van der Waals surface area contributed by atoms with Gasteiger partial charge in [-0.2, -0.15) is 0 Å². The smallest absolute Gasteiger partial charge is 0.105 e. The zero-order chi connectivity index (χ0) is 8.27. The van der Waals surface area contributed by atoms with E-state index < -0.39 is 0 Å². The number of alkyl halides is 1. The zero-order valence-corrected chi connectivity index (χ0v) is 7.67. The van der Waals surface area contributed by atoms with Crippen LogP contribution in [0.2, 0.25) is 0 Å². The summed E-state index contributed by atoms with van der Waals surface area (Å²) in [6.45, 7) is 5.10. The summed E-state index contributed by atoms with van der Waals surface area (Å²) in [5.74, 6) is 2.28. The van der Waals surface area contributed by atoms with Crippen molar-refractivity contribution in [2.45, 2.75) is 20.4 Å². The van der Waals surface area contributed by atoms with E-state index in [2.05, 4.69) is 16.5 Å². The molecule has 0 unspecified atom stereocenters. The van der Waals surface area contributed by atoms with Gasteiger partial charge in [-0.15, -0.1) is 11.6 Å². The Morgan fingerprint density at radius 2 is 2.45 bits per heavy atom. The maximum Gasteiger partial charge on any atom is 0.105 e. The van der Waals surface area contributed by atoms with Gasteiger partial charge in [0.1, 0.15) is 5.82 Å². The molecule has 0 radical (unpaired) electrons. The highest BCUT2D eigenvalue weighted by molar-refractivity contribution is 6.18. The molecule has 0 aromatic carbocycles. The second-order valence-corrected chi connectivity index (χ2v) is 3.19. The van der Waals surface area contributed by atoms with Crippen molar-refractivity contribution in [2.75, 3.05) is 5.88 Å². The molecule has 1 aromatic rings. The minimum atomic E-state index is 0.518. The fourth-order valence-corrected chi connectivity index (χ4v) is 1.08. The molecular formula is C8H13ClN2. The summed E-state index contributed by atoms with van der Waals surface area (Å²) in [5.41, 5.74) is 0. The highest BCUT2D eigenvalue weighted by atomic mass is 35.5. The fourth-order valence-electron chi connectivity index (χ4n) is 0.981. The summed E-state index contributed by atoms with van der Waals surface area (Å²) in [6.07, 6.45) is 3.80. The third kappa shape index (κ3) is 2.22.